The number of carbonyl (C=O) groups is 1. The van der Waals surface area contributed by atoms with Crippen LogP contribution in [0.1, 0.15) is 48.1 Å². The van der Waals surface area contributed by atoms with Crippen molar-refractivity contribution >= 4 is 44.9 Å². The van der Waals surface area contributed by atoms with Crippen LogP contribution in [0.15, 0.2) is 115 Å². The molecule has 8 nitrogen and oxygen atoms in total. The molecule has 0 aliphatic heterocycles. The highest BCUT2D eigenvalue weighted by Gasteiger charge is 2.19. The highest BCUT2D eigenvalue weighted by atomic mass is 35.5. The number of rotatable bonds is 10. The van der Waals surface area contributed by atoms with E-state index in [0.717, 1.165) is 34.4 Å². The lowest BCUT2D eigenvalue weighted by Crippen LogP contribution is -2.14. The first-order valence-electron chi connectivity index (χ1n) is 16.0. The third-order valence-electron chi connectivity index (χ3n) is 8.25. The van der Waals surface area contributed by atoms with E-state index in [9.17, 15) is 18.3 Å². The van der Waals surface area contributed by atoms with Gasteiger partial charge in [0.15, 0.2) is 0 Å². The molecule has 0 atom stereocenters. The standard InChI is InChI=1S/C40H35Cl2N3O5S/c1-40(2,3)28-11-17-32(18-12-28)50-31-15-9-27(10-16-31)26-7-5-25(6-8-26)21-38-43-37(33-19-13-29(41)22-35(33)42)24-45(38)30-14-20-34(39(46)47)36(23-30)44-51(4,48)49/h5-20,22-24,44H,21H2,1-4H3,(H,46,47). The summed E-state index contributed by atoms with van der Waals surface area (Å²) in [5.74, 6) is 0.879. The van der Waals surface area contributed by atoms with E-state index in [0.29, 0.717) is 39.2 Å². The summed E-state index contributed by atoms with van der Waals surface area (Å²) < 4.78 is 34.4. The molecule has 6 aromatic rings. The van der Waals surface area contributed by atoms with Gasteiger partial charge in [-0.15, -0.1) is 0 Å². The fourth-order valence-corrected chi connectivity index (χ4v) is 6.69. The third-order valence-corrected chi connectivity index (χ3v) is 9.39. The van der Waals surface area contributed by atoms with Gasteiger partial charge in [0.25, 0.3) is 0 Å². The molecule has 0 amide bonds. The van der Waals surface area contributed by atoms with Crippen LogP contribution in [0.4, 0.5) is 5.69 Å². The van der Waals surface area contributed by atoms with Crippen molar-refractivity contribution in [2.24, 2.45) is 0 Å². The number of benzene rings is 5. The molecule has 6 rings (SSSR count). The smallest absolute Gasteiger partial charge is 0.337 e. The van der Waals surface area contributed by atoms with Crippen LogP contribution in [-0.2, 0) is 21.9 Å². The SMILES string of the molecule is CC(C)(C)c1ccc(Oc2ccc(-c3ccc(Cc4nc(-c5ccc(Cl)cc5Cl)cn4-c4ccc(C(=O)O)c(NS(C)(=O)=O)c4)cc3)cc2)cc1. The van der Waals surface area contributed by atoms with Crippen molar-refractivity contribution in [3.8, 4) is 39.6 Å². The molecule has 1 heterocycles. The molecule has 0 unspecified atom stereocenters. The van der Waals surface area contributed by atoms with Crippen LogP contribution < -0.4 is 9.46 Å². The lowest BCUT2D eigenvalue weighted by atomic mass is 9.87. The molecule has 2 N–H and O–H groups in total. The van der Waals surface area contributed by atoms with Crippen LogP contribution in [0.5, 0.6) is 11.5 Å². The van der Waals surface area contributed by atoms with E-state index in [4.69, 9.17) is 32.9 Å². The number of nitrogens with one attached hydrogen (secondary N) is 1. The van der Waals surface area contributed by atoms with Gasteiger partial charge in [-0.3, -0.25) is 4.72 Å². The predicted molar refractivity (Wildman–Crippen MR) is 204 cm³/mol. The number of anilines is 1. The maximum absolute atomic E-state index is 12.1. The van der Waals surface area contributed by atoms with Crippen molar-refractivity contribution in [3.63, 3.8) is 0 Å². The van der Waals surface area contributed by atoms with E-state index in [2.05, 4.69) is 37.6 Å². The third kappa shape index (κ3) is 8.63. The second-order valence-electron chi connectivity index (χ2n) is 13.2. The lowest BCUT2D eigenvalue weighted by Gasteiger charge is -2.19. The van der Waals surface area contributed by atoms with Crippen molar-refractivity contribution < 1.29 is 23.1 Å². The first kappa shape index (κ1) is 35.7. The lowest BCUT2D eigenvalue weighted by molar-refractivity contribution is 0.0698. The van der Waals surface area contributed by atoms with Crippen molar-refractivity contribution in [2.75, 3.05) is 11.0 Å². The molecule has 5 aromatic carbocycles. The Hall–Kier alpha value is -5.09. The first-order valence-corrected chi connectivity index (χ1v) is 18.6. The quantitative estimate of drug-likeness (QED) is 0.145. The van der Waals surface area contributed by atoms with E-state index in [1.165, 1.54) is 17.7 Å². The molecule has 1 aromatic heterocycles. The molecule has 0 aliphatic rings. The number of nitrogens with zero attached hydrogens (tertiary/aromatic N) is 2. The summed E-state index contributed by atoms with van der Waals surface area (Å²) in [6.45, 7) is 6.54. The highest BCUT2D eigenvalue weighted by Crippen LogP contribution is 2.33. The summed E-state index contributed by atoms with van der Waals surface area (Å²) in [6, 6.07) is 33.8. The summed E-state index contributed by atoms with van der Waals surface area (Å²) >= 11 is 12.7. The summed E-state index contributed by atoms with van der Waals surface area (Å²) in [4.78, 5) is 16.8. The van der Waals surface area contributed by atoms with Crippen LogP contribution >= 0.6 is 23.2 Å². The number of carboxylic acids is 1. The second kappa shape index (κ2) is 14.3. The predicted octanol–water partition coefficient (Wildman–Crippen LogP) is 10.3. The zero-order chi connectivity index (χ0) is 36.5. The van der Waals surface area contributed by atoms with Crippen LogP contribution in [0.2, 0.25) is 10.0 Å². The summed E-state index contributed by atoms with van der Waals surface area (Å²) in [7, 11) is -3.76. The maximum Gasteiger partial charge on any atom is 0.337 e. The van der Waals surface area contributed by atoms with Crippen molar-refractivity contribution in [1.29, 1.82) is 0 Å². The second-order valence-corrected chi connectivity index (χ2v) is 15.8. The van der Waals surface area contributed by atoms with Gasteiger partial charge in [-0.05, 0) is 88.3 Å². The normalized spacial score (nSPS) is 11.7. The van der Waals surface area contributed by atoms with E-state index in [-0.39, 0.29) is 16.7 Å². The minimum atomic E-state index is -3.76. The molecule has 51 heavy (non-hydrogen) atoms. The molecule has 0 bridgehead atoms. The Morgan fingerprint density at radius 3 is 2.02 bits per heavy atom. The Kier molecular flexibility index (Phi) is 9.99. The Balaban J connectivity index is 1.27. The molecular formula is C40H35Cl2N3O5S. The van der Waals surface area contributed by atoms with Gasteiger partial charge in [-0.1, -0.05) is 92.5 Å². The number of aromatic carboxylic acids is 1. The van der Waals surface area contributed by atoms with Gasteiger partial charge in [0.2, 0.25) is 10.0 Å². The fraction of sp³-hybridized carbons (Fsp3) is 0.150. The van der Waals surface area contributed by atoms with E-state index >= 15 is 0 Å². The van der Waals surface area contributed by atoms with Crippen LogP contribution in [0.3, 0.4) is 0 Å². The van der Waals surface area contributed by atoms with Gasteiger partial charge >= 0.3 is 5.97 Å². The van der Waals surface area contributed by atoms with Gasteiger partial charge in [0, 0.05) is 28.9 Å². The number of aromatic nitrogens is 2. The monoisotopic (exact) mass is 739 g/mol. The Morgan fingerprint density at radius 1 is 0.843 bits per heavy atom. The van der Waals surface area contributed by atoms with Gasteiger partial charge in [0.1, 0.15) is 17.3 Å². The molecule has 0 spiro atoms. The Labute approximate surface area is 307 Å². The van der Waals surface area contributed by atoms with Crippen LogP contribution in [0, 0.1) is 0 Å². The Bertz CT molecular complexity index is 2330. The molecular weight excluding hydrogens is 705 g/mol. The highest BCUT2D eigenvalue weighted by molar-refractivity contribution is 7.92. The number of ether oxygens (including phenoxy) is 1. The summed E-state index contributed by atoms with van der Waals surface area (Å²) in [5, 5.41) is 10.6. The number of hydrogen-bond acceptors (Lipinski definition) is 5. The molecule has 0 fully saturated rings. The molecule has 0 aliphatic carbocycles. The fourth-order valence-electron chi connectivity index (χ4n) is 5.62. The van der Waals surface area contributed by atoms with E-state index in [1.807, 2.05) is 60.7 Å². The topological polar surface area (TPSA) is 111 Å². The summed E-state index contributed by atoms with van der Waals surface area (Å²) in [6.07, 6.45) is 3.15. The molecule has 11 heteroatoms. The average Bonchev–Trinajstić information content (AvgIpc) is 3.47. The number of halogens is 2. The minimum Gasteiger partial charge on any atom is -0.478 e. The first-order chi connectivity index (χ1) is 24.1. The van der Waals surface area contributed by atoms with Gasteiger partial charge in [-0.2, -0.15) is 0 Å². The largest absolute Gasteiger partial charge is 0.478 e. The van der Waals surface area contributed by atoms with Gasteiger partial charge < -0.3 is 14.4 Å². The van der Waals surface area contributed by atoms with Crippen molar-refractivity contribution in [3.05, 3.63) is 148 Å². The molecule has 0 saturated heterocycles. The van der Waals surface area contributed by atoms with Crippen LogP contribution in [-0.4, -0.2) is 35.3 Å². The zero-order valence-electron chi connectivity index (χ0n) is 28.3. The van der Waals surface area contributed by atoms with Crippen LogP contribution in [0.25, 0.3) is 28.1 Å². The average molecular weight is 741 g/mol. The van der Waals surface area contributed by atoms with Gasteiger partial charge in [-0.25, -0.2) is 18.2 Å². The van der Waals surface area contributed by atoms with Gasteiger partial charge in [0.05, 0.1) is 28.2 Å². The maximum atomic E-state index is 12.1. The van der Waals surface area contributed by atoms with Crippen molar-refractivity contribution in [1.82, 2.24) is 9.55 Å². The van der Waals surface area contributed by atoms with E-state index < -0.39 is 16.0 Å². The molecule has 260 valence electrons. The molecule has 0 radical (unpaired) electrons. The number of sulfonamides is 1. The number of hydrogen-bond donors (Lipinski definition) is 2. The minimum absolute atomic E-state index is 0.0626. The Morgan fingerprint density at radius 2 is 1.45 bits per heavy atom. The molecule has 0 saturated carbocycles. The number of imidazole rings is 1. The summed E-state index contributed by atoms with van der Waals surface area (Å²) in [5.41, 5.74) is 5.82. The van der Waals surface area contributed by atoms with E-state index in [1.54, 1.807) is 35.0 Å². The number of carboxylic acid groups (broad SMARTS) is 1. The zero-order valence-corrected chi connectivity index (χ0v) is 30.6. The van der Waals surface area contributed by atoms with Crippen molar-refractivity contribution in [2.45, 2.75) is 32.6 Å².